The van der Waals surface area contributed by atoms with E-state index in [9.17, 15) is 5.26 Å². The van der Waals surface area contributed by atoms with E-state index in [0.29, 0.717) is 6.54 Å². The van der Waals surface area contributed by atoms with Gasteiger partial charge in [0.05, 0.1) is 23.5 Å². The topological polar surface area (TPSA) is 79.6 Å². The lowest BCUT2D eigenvalue weighted by Gasteiger charge is -2.35. The molecular formula is C22H30IN7. The highest BCUT2D eigenvalue weighted by Crippen LogP contribution is 2.23. The minimum atomic E-state index is 0. The number of halogens is 1. The van der Waals surface area contributed by atoms with Crippen LogP contribution in [-0.4, -0.2) is 51.2 Å². The first-order valence-corrected chi connectivity index (χ1v) is 9.95. The molecule has 160 valence electrons. The average Bonchev–Trinajstić information content (AvgIpc) is 2.77. The van der Waals surface area contributed by atoms with Gasteiger partial charge in [0.25, 0.3) is 0 Å². The molecule has 2 N–H and O–H groups in total. The second-order valence-corrected chi connectivity index (χ2v) is 7.37. The van der Waals surface area contributed by atoms with Crippen molar-refractivity contribution in [2.45, 2.75) is 25.4 Å². The van der Waals surface area contributed by atoms with Crippen LogP contribution in [0.4, 0.5) is 11.5 Å². The van der Waals surface area contributed by atoms with Crippen molar-refractivity contribution in [2.75, 3.05) is 44.0 Å². The molecule has 0 radical (unpaired) electrons. The smallest absolute Gasteiger partial charge is 0.191 e. The monoisotopic (exact) mass is 519 g/mol. The summed E-state index contributed by atoms with van der Waals surface area (Å²) in [5.41, 5.74) is 2.70. The van der Waals surface area contributed by atoms with Crippen molar-refractivity contribution in [3.05, 3.63) is 53.7 Å². The van der Waals surface area contributed by atoms with Crippen molar-refractivity contribution < 1.29 is 0 Å². The number of aromatic nitrogens is 1. The van der Waals surface area contributed by atoms with Crippen LogP contribution in [0.2, 0.25) is 0 Å². The van der Waals surface area contributed by atoms with Gasteiger partial charge < -0.3 is 20.4 Å². The van der Waals surface area contributed by atoms with Gasteiger partial charge in [-0.25, -0.2) is 4.98 Å². The molecule has 3 rings (SSSR count). The van der Waals surface area contributed by atoms with E-state index in [1.54, 1.807) is 7.05 Å². The van der Waals surface area contributed by atoms with Crippen LogP contribution in [0.1, 0.15) is 24.1 Å². The molecule has 1 aliphatic rings. The summed E-state index contributed by atoms with van der Waals surface area (Å²) >= 11 is 0. The number of nitrogens with zero attached hydrogens (tertiary/aromatic N) is 5. The Hall–Kier alpha value is -2.54. The molecule has 0 saturated carbocycles. The van der Waals surface area contributed by atoms with Gasteiger partial charge in [0, 0.05) is 40.3 Å². The van der Waals surface area contributed by atoms with Gasteiger partial charge in [-0.3, -0.25) is 4.99 Å². The number of guanidine groups is 1. The third-order valence-electron chi connectivity index (χ3n) is 5.04. The summed E-state index contributed by atoms with van der Waals surface area (Å²) in [4.78, 5) is 13.3. The Labute approximate surface area is 196 Å². The van der Waals surface area contributed by atoms with E-state index in [0.717, 1.165) is 54.7 Å². The maximum Gasteiger partial charge on any atom is 0.191 e. The third-order valence-corrected chi connectivity index (χ3v) is 5.04. The lowest BCUT2D eigenvalue weighted by atomic mass is 10.0. The number of nitriles is 1. The summed E-state index contributed by atoms with van der Waals surface area (Å²) in [5, 5.41) is 16.3. The number of rotatable bonds is 5. The molecule has 1 aromatic carbocycles. The van der Waals surface area contributed by atoms with Gasteiger partial charge in [-0.05, 0) is 37.1 Å². The number of nitrogens with one attached hydrogen (secondary N) is 2. The minimum Gasteiger partial charge on any atom is -0.368 e. The zero-order chi connectivity index (χ0) is 20.6. The van der Waals surface area contributed by atoms with E-state index < -0.39 is 0 Å². The molecule has 0 amide bonds. The molecule has 1 aliphatic heterocycles. The molecule has 1 unspecified atom stereocenters. The Balaban J connectivity index is 0.00000320. The molecule has 1 saturated heterocycles. The van der Waals surface area contributed by atoms with Crippen molar-refractivity contribution in [3.63, 3.8) is 0 Å². The maximum atomic E-state index is 9.40. The van der Waals surface area contributed by atoms with Crippen molar-refractivity contribution in [1.82, 2.24) is 15.6 Å². The lowest BCUT2D eigenvalue weighted by molar-refractivity contribution is 0.467. The highest BCUT2D eigenvalue weighted by atomic mass is 127. The number of hydrogen-bond donors (Lipinski definition) is 2. The van der Waals surface area contributed by atoms with Crippen molar-refractivity contribution in [1.29, 1.82) is 5.26 Å². The molecule has 0 spiro atoms. The number of anilines is 2. The van der Waals surface area contributed by atoms with Crippen LogP contribution in [0, 0.1) is 11.3 Å². The molecule has 1 fully saturated rings. The average molecular weight is 519 g/mol. The Morgan fingerprint density at radius 3 is 2.80 bits per heavy atom. The number of para-hydroxylation sites is 1. The van der Waals surface area contributed by atoms with Crippen LogP contribution >= 0.6 is 24.0 Å². The number of benzene rings is 1. The molecule has 30 heavy (non-hydrogen) atoms. The molecular weight excluding hydrogens is 489 g/mol. The largest absolute Gasteiger partial charge is 0.368 e. The van der Waals surface area contributed by atoms with Crippen LogP contribution < -0.4 is 20.4 Å². The second kappa shape index (κ2) is 11.6. The lowest BCUT2D eigenvalue weighted by Crippen LogP contribution is -2.51. The first kappa shape index (κ1) is 23.7. The molecule has 0 aliphatic carbocycles. The number of pyridine rings is 1. The second-order valence-electron chi connectivity index (χ2n) is 7.37. The standard InChI is InChI=1S/C22H29N7.HI/c1-24-22(25-15-18-9-6-12-21(26-18)28(2)3)27-19-10-7-13-29(16-19)20-11-5-4-8-17(20)14-23;/h4-6,8-9,11-12,19H,7,10,13,15-16H2,1-3H3,(H2,24,25,27);1H. The van der Waals surface area contributed by atoms with Gasteiger partial charge in [-0.15, -0.1) is 24.0 Å². The van der Waals surface area contributed by atoms with Crippen LogP contribution in [0.5, 0.6) is 0 Å². The van der Waals surface area contributed by atoms with E-state index in [1.165, 1.54) is 0 Å². The Kier molecular flexibility index (Phi) is 9.17. The molecule has 2 heterocycles. The fourth-order valence-electron chi connectivity index (χ4n) is 3.53. The summed E-state index contributed by atoms with van der Waals surface area (Å²) < 4.78 is 0. The maximum absolute atomic E-state index is 9.40. The van der Waals surface area contributed by atoms with Crippen molar-refractivity contribution in [3.8, 4) is 6.07 Å². The van der Waals surface area contributed by atoms with Gasteiger partial charge in [0.2, 0.25) is 0 Å². The number of aliphatic imine (C=N–C) groups is 1. The fraction of sp³-hybridized carbons (Fsp3) is 0.409. The molecule has 8 heteroatoms. The van der Waals surface area contributed by atoms with E-state index in [1.807, 2.05) is 61.5 Å². The van der Waals surface area contributed by atoms with Crippen LogP contribution in [-0.2, 0) is 6.54 Å². The van der Waals surface area contributed by atoms with E-state index in [4.69, 9.17) is 0 Å². The summed E-state index contributed by atoms with van der Waals surface area (Å²) in [7, 11) is 5.75. The quantitative estimate of drug-likeness (QED) is 0.360. The van der Waals surface area contributed by atoms with Gasteiger partial charge >= 0.3 is 0 Å². The normalized spacial score (nSPS) is 16.3. The Morgan fingerprint density at radius 1 is 1.27 bits per heavy atom. The zero-order valence-corrected chi connectivity index (χ0v) is 20.1. The summed E-state index contributed by atoms with van der Waals surface area (Å²) in [6, 6.07) is 16.4. The van der Waals surface area contributed by atoms with Crippen molar-refractivity contribution >= 4 is 41.4 Å². The molecule has 1 atom stereocenters. The highest BCUT2D eigenvalue weighted by molar-refractivity contribution is 14.0. The Morgan fingerprint density at radius 2 is 2.07 bits per heavy atom. The van der Waals surface area contributed by atoms with E-state index >= 15 is 0 Å². The van der Waals surface area contributed by atoms with Gasteiger partial charge in [-0.2, -0.15) is 5.26 Å². The number of hydrogen-bond acceptors (Lipinski definition) is 5. The summed E-state index contributed by atoms with van der Waals surface area (Å²) in [5.74, 6) is 1.70. The predicted molar refractivity (Wildman–Crippen MR) is 134 cm³/mol. The van der Waals surface area contributed by atoms with Crippen LogP contribution in [0.25, 0.3) is 0 Å². The van der Waals surface area contributed by atoms with E-state index in [2.05, 4.69) is 31.6 Å². The van der Waals surface area contributed by atoms with Gasteiger partial charge in [-0.1, -0.05) is 18.2 Å². The first-order valence-electron chi connectivity index (χ1n) is 9.95. The molecule has 2 aromatic rings. The first-order chi connectivity index (χ1) is 14.1. The minimum absolute atomic E-state index is 0. The van der Waals surface area contributed by atoms with Crippen molar-refractivity contribution in [2.24, 2.45) is 4.99 Å². The van der Waals surface area contributed by atoms with Gasteiger partial charge in [0.15, 0.2) is 5.96 Å². The number of piperidine rings is 1. The zero-order valence-electron chi connectivity index (χ0n) is 17.8. The molecule has 1 aromatic heterocycles. The fourth-order valence-corrected chi connectivity index (χ4v) is 3.53. The SMILES string of the molecule is CN=C(NCc1cccc(N(C)C)n1)NC1CCCN(c2ccccc2C#N)C1.I. The Bertz CT molecular complexity index is 891. The molecule has 7 nitrogen and oxygen atoms in total. The van der Waals surface area contributed by atoms with E-state index in [-0.39, 0.29) is 30.0 Å². The van der Waals surface area contributed by atoms with Crippen LogP contribution in [0.3, 0.4) is 0 Å². The molecule has 0 bridgehead atoms. The highest BCUT2D eigenvalue weighted by Gasteiger charge is 2.22. The third kappa shape index (κ3) is 6.23. The summed E-state index contributed by atoms with van der Waals surface area (Å²) in [6.45, 7) is 2.41. The van der Waals surface area contributed by atoms with Gasteiger partial charge in [0.1, 0.15) is 11.9 Å². The summed E-state index contributed by atoms with van der Waals surface area (Å²) in [6.07, 6.45) is 2.14. The van der Waals surface area contributed by atoms with Crippen LogP contribution in [0.15, 0.2) is 47.5 Å². The predicted octanol–water partition coefficient (Wildman–Crippen LogP) is 2.97.